The number of rotatable bonds is 2. The van der Waals surface area contributed by atoms with Gasteiger partial charge in [-0.05, 0) is 43.6 Å². The van der Waals surface area contributed by atoms with E-state index in [9.17, 15) is 0 Å². The van der Waals surface area contributed by atoms with Crippen molar-refractivity contribution in [2.24, 2.45) is 11.8 Å². The van der Waals surface area contributed by atoms with Gasteiger partial charge in [-0.2, -0.15) is 0 Å². The molecule has 0 spiro atoms. The van der Waals surface area contributed by atoms with Crippen molar-refractivity contribution in [1.82, 2.24) is 5.16 Å². The maximum atomic E-state index is 6.03. The van der Waals surface area contributed by atoms with Gasteiger partial charge in [0, 0.05) is 5.92 Å². The highest BCUT2D eigenvalue weighted by molar-refractivity contribution is 5.76. The Labute approximate surface area is 112 Å². The molecule has 2 aliphatic carbocycles. The molecule has 0 radical (unpaired) electrons. The number of nitrogens with two attached hydrogens (primary N) is 1. The van der Waals surface area contributed by atoms with E-state index in [0.29, 0.717) is 11.7 Å². The second kappa shape index (κ2) is 3.86. The van der Waals surface area contributed by atoms with Gasteiger partial charge in [0.15, 0.2) is 5.82 Å². The zero-order valence-electron chi connectivity index (χ0n) is 11.1. The van der Waals surface area contributed by atoms with E-state index in [1.807, 2.05) is 0 Å². The first-order valence-electron chi connectivity index (χ1n) is 7.04. The minimum atomic E-state index is 0.518. The number of hydrogen-bond acceptors (Lipinski definition) is 3. The SMILES string of the molecule is Cc1cccc(-c2c(N)noc2C2CC3CC3C2)c1. The van der Waals surface area contributed by atoms with Crippen molar-refractivity contribution in [3.8, 4) is 11.1 Å². The quantitative estimate of drug-likeness (QED) is 0.888. The van der Waals surface area contributed by atoms with Crippen LogP contribution in [0, 0.1) is 18.8 Å². The van der Waals surface area contributed by atoms with Gasteiger partial charge in [0.05, 0.1) is 5.56 Å². The molecule has 4 rings (SSSR count). The van der Waals surface area contributed by atoms with E-state index in [2.05, 4.69) is 36.3 Å². The first kappa shape index (κ1) is 11.1. The summed E-state index contributed by atoms with van der Waals surface area (Å²) in [7, 11) is 0. The average Bonchev–Trinajstić information content (AvgIpc) is 2.84. The third-order valence-electron chi connectivity index (χ3n) is 4.67. The van der Waals surface area contributed by atoms with E-state index in [4.69, 9.17) is 10.3 Å². The van der Waals surface area contributed by atoms with Crippen LogP contribution in [0.2, 0.25) is 0 Å². The van der Waals surface area contributed by atoms with Crippen LogP contribution in [0.4, 0.5) is 5.82 Å². The summed E-state index contributed by atoms with van der Waals surface area (Å²) in [6, 6.07) is 8.40. The Morgan fingerprint density at radius 2 is 2.00 bits per heavy atom. The van der Waals surface area contributed by atoms with Gasteiger partial charge in [-0.25, -0.2) is 0 Å². The van der Waals surface area contributed by atoms with E-state index in [-0.39, 0.29) is 0 Å². The van der Waals surface area contributed by atoms with Crippen LogP contribution in [-0.4, -0.2) is 5.16 Å². The highest BCUT2D eigenvalue weighted by Gasteiger charge is 2.48. The van der Waals surface area contributed by atoms with Gasteiger partial charge in [0.1, 0.15) is 5.76 Å². The second-order valence-corrected chi connectivity index (χ2v) is 6.10. The van der Waals surface area contributed by atoms with Crippen molar-refractivity contribution in [2.45, 2.75) is 32.1 Å². The lowest BCUT2D eigenvalue weighted by atomic mass is 9.93. The summed E-state index contributed by atoms with van der Waals surface area (Å²) in [5, 5.41) is 4.01. The molecule has 0 aliphatic heterocycles. The lowest BCUT2D eigenvalue weighted by Gasteiger charge is -2.10. The Balaban J connectivity index is 1.76. The predicted octanol–water partition coefficient (Wildman–Crippen LogP) is 3.75. The van der Waals surface area contributed by atoms with Crippen LogP contribution in [0.25, 0.3) is 11.1 Å². The molecule has 98 valence electrons. The van der Waals surface area contributed by atoms with Crippen molar-refractivity contribution in [2.75, 3.05) is 5.73 Å². The summed E-state index contributed by atoms with van der Waals surface area (Å²) in [4.78, 5) is 0. The van der Waals surface area contributed by atoms with Crippen molar-refractivity contribution in [1.29, 1.82) is 0 Å². The summed E-state index contributed by atoms with van der Waals surface area (Å²) in [5.74, 6) is 3.92. The van der Waals surface area contributed by atoms with Crippen molar-refractivity contribution < 1.29 is 4.52 Å². The number of fused-ring (bicyclic) bond motifs is 1. The first-order chi connectivity index (χ1) is 9.22. The monoisotopic (exact) mass is 254 g/mol. The van der Waals surface area contributed by atoms with Crippen LogP contribution in [-0.2, 0) is 0 Å². The van der Waals surface area contributed by atoms with E-state index in [1.54, 1.807) is 0 Å². The Bertz CT molecular complexity index is 621. The molecule has 2 atom stereocenters. The molecule has 2 unspecified atom stereocenters. The summed E-state index contributed by atoms with van der Waals surface area (Å²) >= 11 is 0. The van der Waals surface area contributed by atoms with Gasteiger partial charge < -0.3 is 10.3 Å². The maximum Gasteiger partial charge on any atom is 0.175 e. The van der Waals surface area contributed by atoms with E-state index < -0.39 is 0 Å². The van der Waals surface area contributed by atoms with Gasteiger partial charge in [-0.1, -0.05) is 35.0 Å². The molecule has 19 heavy (non-hydrogen) atoms. The molecular formula is C16H18N2O. The smallest absolute Gasteiger partial charge is 0.175 e. The fourth-order valence-corrected chi connectivity index (χ4v) is 3.61. The topological polar surface area (TPSA) is 52.0 Å². The van der Waals surface area contributed by atoms with E-state index in [0.717, 1.165) is 28.7 Å². The third-order valence-corrected chi connectivity index (χ3v) is 4.67. The molecule has 1 aromatic heterocycles. The van der Waals surface area contributed by atoms with E-state index >= 15 is 0 Å². The molecule has 3 heteroatoms. The van der Waals surface area contributed by atoms with Crippen LogP contribution in [0.15, 0.2) is 28.8 Å². The molecule has 1 heterocycles. The van der Waals surface area contributed by atoms with Crippen LogP contribution >= 0.6 is 0 Å². The lowest BCUT2D eigenvalue weighted by molar-refractivity contribution is 0.356. The number of nitrogen functional groups attached to an aromatic ring is 1. The summed E-state index contributed by atoms with van der Waals surface area (Å²) in [5.41, 5.74) is 9.42. The fraction of sp³-hybridized carbons (Fsp3) is 0.438. The fourth-order valence-electron chi connectivity index (χ4n) is 3.61. The standard InChI is InChI=1S/C16H18N2O/c1-9-3-2-4-10(5-9)14-15(19-18-16(14)17)13-7-11-6-12(11)8-13/h2-5,11-13H,6-8H2,1H3,(H2,17,18). The Hall–Kier alpha value is -1.77. The van der Waals surface area contributed by atoms with Crippen molar-refractivity contribution in [3.63, 3.8) is 0 Å². The molecule has 2 N–H and O–H groups in total. The average molecular weight is 254 g/mol. The van der Waals surface area contributed by atoms with Crippen LogP contribution in [0.5, 0.6) is 0 Å². The van der Waals surface area contributed by atoms with E-state index in [1.165, 1.54) is 24.8 Å². The van der Waals surface area contributed by atoms with Gasteiger partial charge in [-0.3, -0.25) is 0 Å². The zero-order chi connectivity index (χ0) is 13.0. The minimum Gasteiger partial charge on any atom is -0.380 e. The maximum absolute atomic E-state index is 6.03. The number of nitrogens with zero attached hydrogens (tertiary/aromatic N) is 1. The van der Waals surface area contributed by atoms with Gasteiger partial charge >= 0.3 is 0 Å². The largest absolute Gasteiger partial charge is 0.380 e. The number of hydrogen-bond donors (Lipinski definition) is 1. The van der Waals surface area contributed by atoms with Crippen molar-refractivity contribution >= 4 is 5.82 Å². The molecule has 0 amide bonds. The normalized spacial score (nSPS) is 28.4. The molecule has 2 saturated carbocycles. The van der Waals surface area contributed by atoms with Crippen LogP contribution in [0.3, 0.4) is 0 Å². The molecule has 0 saturated heterocycles. The number of aryl methyl sites for hydroxylation is 1. The molecule has 2 fully saturated rings. The Morgan fingerprint density at radius 3 is 2.74 bits per heavy atom. The summed E-state index contributed by atoms with van der Waals surface area (Å²) < 4.78 is 5.57. The molecule has 1 aromatic carbocycles. The van der Waals surface area contributed by atoms with Crippen molar-refractivity contribution in [3.05, 3.63) is 35.6 Å². The zero-order valence-corrected chi connectivity index (χ0v) is 11.1. The Morgan fingerprint density at radius 1 is 1.21 bits per heavy atom. The molecule has 3 nitrogen and oxygen atoms in total. The number of anilines is 1. The molecule has 2 aliphatic rings. The Kier molecular flexibility index (Phi) is 2.25. The predicted molar refractivity (Wildman–Crippen MR) is 74.7 cm³/mol. The third kappa shape index (κ3) is 1.76. The van der Waals surface area contributed by atoms with Gasteiger partial charge in [0.2, 0.25) is 0 Å². The number of benzene rings is 1. The first-order valence-corrected chi connectivity index (χ1v) is 7.04. The van der Waals surface area contributed by atoms with Gasteiger partial charge in [-0.15, -0.1) is 0 Å². The summed E-state index contributed by atoms with van der Waals surface area (Å²) in [6.07, 6.45) is 3.91. The van der Waals surface area contributed by atoms with Gasteiger partial charge in [0.25, 0.3) is 0 Å². The molecule has 2 aromatic rings. The highest BCUT2D eigenvalue weighted by Crippen LogP contribution is 2.58. The van der Waals surface area contributed by atoms with Crippen LogP contribution < -0.4 is 5.73 Å². The van der Waals surface area contributed by atoms with Crippen LogP contribution in [0.1, 0.15) is 36.5 Å². The minimum absolute atomic E-state index is 0.518. The summed E-state index contributed by atoms with van der Waals surface area (Å²) in [6.45, 7) is 2.09. The number of aromatic nitrogens is 1. The highest BCUT2D eigenvalue weighted by atomic mass is 16.5. The molecular weight excluding hydrogens is 236 g/mol. The second-order valence-electron chi connectivity index (χ2n) is 6.10. The molecule has 0 bridgehead atoms. The lowest BCUT2D eigenvalue weighted by Crippen LogP contribution is -1.97.